The van der Waals surface area contributed by atoms with Crippen LogP contribution in [0.1, 0.15) is 57.8 Å². The molecule has 2 atom stereocenters. The third kappa shape index (κ3) is 4.69. The lowest BCUT2D eigenvalue weighted by atomic mass is 9.96. The Morgan fingerprint density at radius 1 is 1.00 bits per heavy atom. The van der Waals surface area contributed by atoms with Gasteiger partial charge in [0.15, 0.2) is 0 Å². The van der Waals surface area contributed by atoms with Crippen LogP contribution in [0.25, 0.3) is 0 Å². The van der Waals surface area contributed by atoms with Crippen molar-refractivity contribution in [2.24, 2.45) is 11.8 Å². The Hall–Kier alpha value is -1.10. The topological polar surface area (TPSA) is 61.4 Å². The second-order valence-corrected chi connectivity index (χ2v) is 7.60. The molecule has 2 heterocycles. The van der Waals surface area contributed by atoms with E-state index in [1.165, 1.54) is 25.7 Å². The molecule has 130 valence electrons. The fourth-order valence-electron chi connectivity index (χ4n) is 4.33. The summed E-state index contributed by atoms with van der Waals surface area (Å²) >= 11 is 0. The number of hydrogen-bond donors (Lipinski definition) is 2. The van der Waals surface area contributed by atoms with Gasteiger partial charge in [-0.05, 0) is 56.9 Å². The van der Waals surface area contributed by atoms with Crippen LogP contribution in [0.15, 0.2) is 0 Å². The normalized spacial score (nSPS) is 29.0. The highest BCUT2D eigenvalue weighted by Gasteiger charge is 2.28. The summed E-state index contributed by atoms with van der Waals surface area (Å²) in [4.78, 5) is 26.6. The molecular formula is C18H31N3O2. The van der Waals surface area contributed by atoms with Gasteiger partial charge in [-0.15, -0.1) is 0 Å². The SMILES string of the molecule is O=C(NCC1CCCN(C(=O)CC2CCCC2)C1)C1CCCN1. The first kappa shape index (κ1) is 16.7. The first-order chi connectivity index (χ1) is 11.2. The summed E-state index contributed by atoms with van der Waals surface area (Å²) in [5, 5.41) is 6.32. The van der Waals surface area contributed by atoms with Crippen LogP contribution >= 0.6 is 0 Å². The van der Waals surface area contributed by atoms with E-state index in [0.29, 0.717) is 24.3 Å². The Morgan fingerprint density at radius 3 is 2.52 bits per heavy atom. The van der Waals surface area contributed by atoms with Gasteiger partial charge in [-0.1, -0.05) is 12.8 Å². The number of amides is 2. The maximum absolute atomic E-state index is 12.5. The molecule has 2 N–H and O–H groups in total. The van der Waals surface area contributed by atoms with E-state index in [-0.39, 0.29) is 11.9 Å². The van der Waals surface area contributed by atoms with Crippen molar-refractivity contribution in [1.29, 1.82) is 0 Å². The highest BCUT2D eigenvalue weighted by Crippen LogP contribution is 2.28. The molecule has 5 nitrogen and oxygen atoms in total. The molecule has 3 fully saturated rings. The van der Waals surface area contributed by atoms with Crippen molar-refractivity contribution in [2.45, 2.75) is 63.8 Å². The Kier molecular flexibility index (Phi) is 5.92. The molecule has 2 saturated heterocycles. The van der Waals surface area contributed by atoms with Gasteiger partial charge in [0.25, 0.3) is 0 Å². The highest BCUT2D eigenvalue weighted by atomic mass is 16.2. The van der Waals surface area contributed by atoms with Gasteiger partial charge >= 0.3 is 0 Å². The zero-order chi connectivity index (χ0) is 16.1. The number of nitrogens with one attached hydrogen (secondary N) is 2. The lowest BCUT2D eigenvalue weighted by molar-refractivity contribution is -0.134. The third-order valence-electron chi connectivity index (χ3n) is 5.75. The molecule has 2 aliphatic heterocycles. The molecule has 0 bridgehead atoms. The third-order valence-corrected chi connectivity index (χ3v) is 5.75. The molecule has 0 spiro atoms. The van der Waals surface area contributed by atoms with Crippen LogP contribution in [0.4, 0.5) is 0 Å². The Balaban J connectivity index is 1.40. The van der Waals surface area contributed by atoms with Gasteiger partial charge in [0, 0.05) is 26.1 Å². The van der Waals surface area contributed by atoms with Crippen molar-refractivity contribution >= 4 is 11.8 Å². The van der Waals surface area contributed by atoms with Gasteiger partial charge in [0.1, 0.15) is 0 Å². The molecule has 0 aromatic rings. The van der Waals surface area contributed by atoms with Crippen molar-refractivity contribution in [3.8, 4) is 0 Å². The summed E-state index contributed by atoms with van der Waals surface area (Å²) in [6.45, 7) is 3.39. The van der Waals surface area contributed by atoms with Gasteiger partial charge in [0.2, 0.25) is 11.8 Å². The first-order valence-corrected chi connectivity index (χ1v) is 9.51. The molecule has 23 heavy (non-hydrogen) atoms. The van der Waals surface area contributed by atoms with Crippen molar-refractivity contribution in [3.05, 3.63) is 0 Å². The maximum atomic E-state index is 12.5. The number of carbonyl (C=O) groups is 2. The predicted molar refractivity (Wildman–Crippen MR) is 89.9 cm³/mol. The number of hydrogen-bond acceptors (Lipinski definition) is 3. The quantitative estimate of drug-likeness (QED) is 0.810. The minimum absolute atomic E-state index is 0.00121. The maximum Gasteiger partial charge on any atom is 0.237 e. The monoisotopic (exact) mass is 321 g/mol. The first-order valence-electron chi connectivity index (χ1n) is 9.51. The molecular weight excluding hydrogens is 290 g/mol. The molecule has 3 aliphatic rings. The second-order valence-electron chi connectivity index (χ2n) is 7.60. The molecule has 2 unspecified atom stereocenters. The Morgan fingerprint density at radius 2 is 1.78 bits per heavy atom. The molecule has 1 aliphatic carbocycles. The zero-order valence-corrected chi connectivity index (χ0v) is 14.2. The Bertz CT molecular complexity index is 414. The van der Waals surface area contributed by atoms with E-state index in [9.17, 15) is 9.59 Å². The fraction of sp³-hybridized carbons (Fsp3) is 0.889. The minimum Gasteiger partial charge on any atom is -0.354 e. The average molecular weight is 321 g/mol. The lowest BCUT2D eigenvalue weighted by Gasteiger charge is -2.33. The van der Waals surface area contributed by atoms with Crippen molar-refractivity contribution in [3.63, 3.8) is 0 Å². The summed E-state index contributed by atoms with van der Waals surface area (Å²) in [7, 11) is 0. The van der Waals surface area contributed by atoms with Crippen LogP contribution < -0.4 is 10.6 Å². The largest absolute Gasteiger partial charge is 0.354 e. The summed E-state index contributed by atoms with van der Waals surface area (Å²) in [6, 6.07) is -0.00121. The van der Waals surface area contributed by atoms with Crippen LogP contribution in [-0.2, 0) is 9.59 Å². The van der Waals surface area contributed by atoms with Gasteiger partial charge in [-0.3, -0.25) is 9.59 Å². The molecule has 3 rings (SSSR count). The highest BCUT2D eigenvalue weighted by molar-refractivity contribution is 5.82. The van der Waals surface area contributed by atoms with E-state index in [1.54, 1.807) is 0 Å². The van der Waals surface area contributed by atoms with Gasteiger partial charge in [-0.2, -0.15) is 0 Å². The minimum atomic E-state index is -0.00121. The fourth-order valence-corrected chi connectivity index (χ4v) is 4.33. The Labute approximate surface area is 139 Å². The van der Waals surface area contributed by atoms with Crippen LogP contribution in [0.5, 0.6) is 0 Å². The number of piperidine rings is 1. The van der Waals surface area contributed by atoms with Crippen molar-refractivity contribution < 1.29 is 9.59 Å². The summed E-state index contributed by atoms with van der Waals surface area (Å²) < 4.78 is 0. The van der Waals surface area contributed by atoms with E-state index in [4.69, 9.17) is 0 Å². The van der Waals surface area contributed by atoms with Gasteiger partial charge < -0.3 is 15.5 Å². The van der Waals surface area contributed by atoms with Gasteiger partial charge in [0.05, 0.1) is 6.04 Å². The second kappa shape index (κ2) is 8.13. The number of nitrogens with zero attached hydrogens (tertiary/aromatic N) is 1. The van der Waals surface area contributed by atoms with Gasteiger partial charge in [-0.25, -0.2) is 0 Å². The van der Waals surface area contributed by atoms with Crippen molar-refractivity contribution in [2.75, 3.05) is 26.2 Å². The van der Waals surface area contributed by atoms with Crippen LogP contribution in [0.2, 0.25) is 0 Å². The predicted octanol–water partition coefficient (Wildman–Crippen LogP) is 1.67. The van der Waals surface area contributed by atoms with E-state index in [2.05, 4.69) is 10.6 Å². The van der Waals surface area contributed by atoms with Crippen LogP contribution in [0, 0.1) is 11.8 Å². The molecule has 0 aromatic carbocycles. The van der Waals surface area contributed by atoms with Crippen LogP contribution in [0.3, 0.4) is 0 Å². The number of carbonyl (C=O) groups excluding carboxylic acids is 2. The van der Waals surface area contributed by atoms with Crippen LogP contribution in [-0.4, -0.2) is 48.9 Å². The van der Waals surface area contributed by atoms with E-state index >= 15 is 0 Å². The standard InChI is InChI=1S/C18H31N3O2/c22-17(11-14-5-1-2-6-14)21-10-4-7-15(13-21)12-20-18(23)16-8-3-9-19-16/h14-16,19H,1-13H2,(H,20,23). The van der Waals surface area contributed by atoms with E-state index in [1.807, 2.05) is 4.90 Å². The molecule has 1 saturated carbocycles. The van der Waals surface area contributed by atoms with Crippen molar-refractivity contribution in [1.82, 2.24) is 15.5 Å². The molecule has 5 heteroatoms. The van der Waals surface area contributed by atoms with E-state index < -0.39 is 0 Å². The van der Waals surface area contributed by atoms with E-state index in [0.717, 1.165) is 51.7 Å². The summed E-state index contributed by atoms with van der Waals surface area (Å²) in [6.07, 6.45) is 10.0. The lowest BCUT2D eigenvalue weighted by Crippen LogP contribution is -2.46. The number of rotatable bonds is 5. The average Bonchev–Trinajstić information content (AvgIpc) is 3.26. The molecule has 2 amide bonds. The molecule has 0 aromatic heterocycles. The molecule has 0 radical (unpaired) electrons. The number of likely N-dealkylation sites (tertiary alicyclic amines) is 1. The summed E-state index contributed by atoms with van der Waals surface area (Å²) in [5.41, 5.74) is 0. The summed E-state index contributed by atoms with van der Waals surface area (Å²) in [5.74, 6) is 1.51. The smallest absolute Gasteiger partial charge is 0.237 e. The zero-order valence-electron chi connectivity index (χ0n) is 14.2.